The molecule has 2 aromatic rings. The summed E-state index contributed by atoms with van der Waals surface area (Å²) < 4.78 is 2.32. The van der Waals surface area contributed by atoms with Gasteiger partial charge >= 0.3 is 0 Å². The van der Waals surface area contributed by atoms with E-state index >= 15 is 0 Å². The van der Waals surface area contributed by atoms with Crippen LogP contribution in [0, 0.1) is 10.7 Å². The summed E-state index contributed by atoms with van der Waals surface area (Å²) in [7, 11) is 1.84. The van der Waals surface area contributed by atoms with Gasteiger partial charge in [-0.05, 0) is 36.5 Å². The van der Waals surface area contributed by atoms with E-state index in [2.05, 4.69) is 15.5 Å². The van der Waals surface area contributed by atoms with Gasteiger partial charge in [0, 0.05) is 7.05 Å². The van der Waals surface area contributed by atoms with Crippen molar-refractivity contribution in [1.29, 1.82) is 0 Å². The summed E-state index contributed by atoms with van der Waals surface area (Å²) >= 11 is 5.07. The summed E-state index contributed by atoms with van der Waals surface area (Å²) in [5.74, 6) is 1.21. The van der Waals surface area contributed by atoms with Crippen molar-refractivity contribution in [3.8, 4) is 0 Å². The molecule has 1 aromatic heterocycles. The lowest BCUT2D eigenvalue weighted by molar-refractivity contribution is -0.123. The minimum atomic E-state index is -0.0570. The van der Waals surface area contributed by atoms with Crippen molar-refractivity contribution in [2.24, 2.45) is 13.0 Å². The molecule has 3 rings (SSSR count). The minimum Gasteiger partial charge on any atom is -0.348 e. The Morgan fingerprint density at radius 1 is 1.48 bits per heavy atom. The number of H-pyrrole nitrogens is 1. The molecule has 1 atom stereocenters. The molecular formula is C15H18N4OS. The first-order valence-corrected chi connectivity index (χ1v) is 7.50. The Morgan fingerprint density at radius 3 is 2.76 bits per heavy atom. The maximum Gasteiger partial charge on any atom is 0.228 e. The van der Waals surface area contributed by atoms with Crippen molar-refractivity contribution in [2.75, 3.05) is 0 Å². The summed E-state index contributed by atoms with van der Waals surface area (Å²) in [6, 6.07) is 9.99. The standard InChI is InChI=1S/C15H18N4OS/c1-19-12(17-18-15(19)21)9-16-14(20)13(11-7-8-11)10-5-3-2-4-6-10/h2-6,11,13H,7-9H2,1H3,(H,16,20)(H,18,21)/t13-/m0/s1. The van der Waals surface area contributed by atoms with E-state index in [0.29, 0.717) is 17.2 Å². The monoisotopic (exact) mass is 302 g/mol. The van der Waals surface area contributed by atoms with E-state index < -0.39 is 0 Å². The number of amides is 1. The van der Waals surface area contributed by atoms with Crippen LogP contribution < -0.4 is 5.32 Å². The SMILES string of the molecule is Cn1c(CNC(=O)[C@@H](c2ccccc2)C2CC2)n[nH]c1=S. The van der Waals surface area contributed by atoms with Crippen LogP contribution >= 0.6 is 12.2 Å². The van der Waals surface area contributed by atoms with Crippen molar-refractivity contribution in [1.82, 2.24) is 20.1 Å². The zero-order valence-corrected chi connectivity index (χ0v) is 12.7. The summed E-state index contributed by atoms with van der Waals surface area (Å²) in [6.45, 7) is 0.387. The molecule has 6 heteroatoms. The molecule has 0 radical (unpaired) electrons. The fraction of sp³-hybridized carbons (Fsp3) is 0.400. The highest BCUT2D eigenvalue weighted by Crippen LogP contribution is 2.42. The van der Waals surface area contributed by atoms with Crippen LogP contribution in [0.4, 0.5) is 0 Å². The van der Waals surface area contributed by atoms with Gasteiger partial charge in [0.15, 0.2) is 10.6 Å². The van der Waals surface area contributed by atoms with Crippen LogP contribution in [-0.2, 0) is 18.4 Å². The maximum absolute atomic E-state index is 12.5. The second kappa shape index (κ2) is 5.81. The fourth-order valence-electron chi connectivity index (χ4n) is 2.54. The van der Waals surface area contributed by atoms with Crippen LogP contribution in [0.25, 0.3) is 0 Å². The predicted molar refractivity (Wildman–Crippen MR) is 82.1 cm³/mol. The van der Waals surface area contributed by atoms with E-state index in [4.69, 9.17) is 12.2 Å². The number of benzene rings is 1. The van der Waals surface area contributed by atoms with Gasteiger partial charge < -0.3 is 9.88 Å². The number of nitrogens with one attached hydrogen (secondary N) is 2. The first kappa shape index (κ1) is 14.0. The summed E-state index contributed by atoms with van der Waals surface area (Å²) in [5.41, 5.74) is 1.09. The molecular weight excluding hydrogens is 284 g/mol. The number of aromatic nitrogens is 3. The normalized spacial score (nSPS) is 15.7. The lowest BCUT2D eigenvalue weighted by Crippen LogP contribution is -2.31. The molecule has 1 aliphatic rings. The van der Waals surface area contributed by atoms with Crippen molar-refractivity contribution in [2.45, 2.75) is 25.3 Å². The summed E-state index contributed by atoms with van der Waals surface area (Å²) in [6.07, 6.45) is 2.25. The van der Waals surface area contributed by atoms with Gasteiger partial charge in [0.25, 0.3) is 0 Å². The quantitative estimate of drug-likeness (QED) is 0.833. The highest BCUT2D eigenvalue weighted by Gasteiger charge is 2.37. The van der Waals surface area contributed by atoms with Crippen LogP contribution in [0.15, 0.2) is 30.3 Å². The lowest BCUT2D eigenvalue weighted by Gasteiger charge is -2.16. The molecule has 1 amide bonds. The molecule has 1 saturated carbocycles. The third-order valence-corrected chi connectivity index (χ3v) is 4.29. The van der Waals surface area contributed by atoms with E-state index in [1.54, 1.807) is 4.57 Å². The van der Waals surface area contributed by atoms with Gasteiger partial charge in [0.2, 0.25) is 5.91 Å². The van der Waals surface area contributed by atoms with Crippen molar-refractivity contribution < 1.29 is 4.79 Å². The van der Waals surface area contributed by atoms with Gasteiger partial charge in [-0.25, -0.2) is 0 Å². The molecule has 2 N–H and O–H groups in total. The molecule has 1 fully saturated rings. The zero-order chi connectivity index (χ0) is 14.8. The molecule has 5 nitrogen and oxygen atoms in total. The van der Waals surface area contributed by atoms with Gasteiger partial charge in [-0.1, -0.05) is 30.3 Å². The first-order valence-electron chi connectivity index (χ1n) is 7.09. The largest absolute Gasteiger partial charge is 0.348 e. The van der Waals surface area contributed by atoms with Crippen LogP contribution in [0.1, 0.15) is 30.1 Å². The van der Waals surface area contributed by atoms with Crippen molar-refractivity contribution in [3.63, 3.8) is 0 Å². The Balaban J connectivity index is 1.71. The van der Waals surface area contributed by atoms with E-state index in [-0.39, 0.29) is 11.8 Å². The number of hydrogen-bond acceptors (Lipinski definition) is 3. The number of nitrogens with zero attached hydrogens (tertiary/aromatic N) is 2. The summed E-state index contributed by atoms with van der Waals surface area (Å²) in [4.78, 5) is 12.5. The van der Waals surface area contributed by atoms with Gasteiger partial charge in [-0.3, -0.25) is 9.89 Å². The zero-order valence-electron chi connectivity index (χ0n) is 11.9. The highest BCUT2D eigenvalue weighted by atomic mass is 32.1. The summed E-state index contributed by atoms with van der Waals surface area (Å²) in [5, 5.41) is 9.82. The van der Waals surface area contributed by atoms with E-state index in [1.165, 1.54) is 0 Å². The van der Waals surface area contributed by atoms with Gasteiger partial charge in [0.1, 0.15) is 0 Å². The predicted octanol–water partition coefficient (Wildman–Crippen LogP) is 2.29. The molecule has 0 spiro atoms. The maximum atomic E-state index is 12.5. The van der Waals surface area contributed by atoms with Gasteiger partial charge in [-0.15, -0.1) is 0 Å². The molecule has 0 unspecified atom stereocenters. The molecule has 0 saturated heterocycles. The lowest BCUT2D eigenvalue weighted by atomic mass is 9.93. The molecule has 1 aliphatic carbocycles. The third kappa shape index (κ3) is 3.05. The van der Waals surface area contributed by atoms with E-state index in [1.807, 2.05) is 37.4 Å². The Morgan fingerprint density at radius 2 is 2.19 bits per heavy atom. The Labute approximate surface area is 128 Å². The molecule has 110 valence electrons. The highest BCUT2D eigenvalue weighted by molar-refractivity contribution is 7.71. The Hall–Kier alpha value is -1.95. The Bertz CT molecular complexity index is 687. The Kier molecular flexibility index (Phi) is 3.88. The molecule has 21 heavy (non-hydrogen) atoms. The first-order chi connectivity index (χ1) is 10.2. The second-order valence-corrected chi connectivity index (χ2v) is 5.83. The third-order valence-electron chi connectivity index (χ3n) is 3.93. The fourth-order valence-corrected chi connectivity index (χ4v) is 2.69. The van der Waals surface area contributed by atoms with Crippen molar-refractivity contribution >= 4 is 18.1 Å². The van der Waals surface area contributed by atoms with Crippen LogP contribution in [0.2, 0.25) is 0 Å². The smallest absolute Gasteiger partial charge is 0.228 e. The average molecular weight is 302 g/mol. The number of hydrogen-bond donors (Lipinski definition) is 2. The number of rotatable bonds is 5. The number of aromatic amines is 1. The van der Waals surface area contributed by atoms with Gasteiger partial charge in [0.05, 0.1) is 12.5 Å². The number of carbonyl (C=O) groups excluding carboxylic acids is 1. The number of carbonyl (C=O) groups is 1. The van der Waals surface area contributed by atoms with Crippen LogP contribution in [0.3, 0.4) is 0 Å². The van der Waals surface area contributed by atoms with Crippen LogP contribution in [-0.4, -0.2) is 20.7 Å². The van der Waals surface area contributed by atoms with E-state index in [9.17, 15) is 4.79 Å². The molecule has 0 aliphatic heterocycles. The molecule has 0 bridgehead atoms. The molecule has 1 aromatic carbocycles. The van der Waals surface area contributed by atoms with Crippen LogP contribution in [0.5, 0.6) is 0 Å². The second-order valence-electron chi connectivity index (χ2n) is 5.45. The molecule has 1 heterocycles. The minimum absolute atomic E-state index is 0.0570. The topological polar surface area (TPSA) is 62.7 Å². The average Bonchev–Trinajstić information content (AvgIpc) is 3.27. The van der Waals surface area contributed by atoms with E-state index in [0.717, 1.165) is 24.2 Å². The van der Waals surface area contributed by atoms with Crippen molar-refractivity contribution in [3.05, 3.63) is 46.5 Å². The van der Waals surface area contributed by atoms with Gasteiger partial charge in [-0.2, -0.15) is 5.10 Å².